The van der Waals surface area contributed by atoms with E-state index in [1.807, 2.05) is 0 Å². The van der Waals surface area contributed by atoms with Crippen LogP contribution in [0.3, 0.4) is 0 Å². The van der Waals surface area contributed by atoms with Crippen molar-refractivity contribution in [3.63, 3.8) is 0 Å². The van der Waals surface area contributed by atoms with Gasteiger partial charge >= 0.3 is 0 Å². The van der Waals surface area contributed by atoms with Gasteiger partial charge < -0.3 is 5.32 Å². The van der Waals surface area contributed by atoms with E-state index in [9.17, 15) is 13.2 Å². The number of piperazine rings is 1. The van der Waals surface area contributed by atoms with Crippen LogP contribution < -0.4 is 5.32 Å². The highest BCUT2D eigenvalue weighted by Gasteiger charge is 2.32. The fraction of sp³-hybridized carbons (Fsp3) is 0.600. The minimum atomic E-state index is -1.35. The first-order chi connectivity index (χ1) is 9.66. The molecule has 1 saturated heterocycles. The minimum absolute atomic E-state index is 0. The van der Waals surface area contributed by atoms with Gasteiger partial charge in [0.15, 0.2) is 17.5 Å². The molecule has 0 bridgehead atoms. The lowest BCUT2D eigenvalue weighted by atomic mass is 9.98. The van der Waals surface area contributed by atoms with E-state index in [4.69, 9.17) is 0 Å². The summed E-state index contributed by atoms with van der Waals surface area (Å²) in [6, 6.07) is 2.30. The van der Waals surface area contributed by atoms with E-state index < -0.39 is 17.5 Å². The quantitative estimate of drug-likeness (QED) is 0.857. The third-order valence-corrected chi connectivity index (χ3v) is 4.27. The lowest BCUT2D eigenvalue weighted by Crippen LogP contribution is -2.45. The molecule has 21 heavy (non-hydrogen) atoms. The van der Waals surface area contributed by atoms with Crippen LogP contribution in [0, 0.1) is 23.4 Å². The average molecular weight is 321 g/mol. The summed E-state index contributed by atoms with van der Waals surface area (Å²) in [4.78, 5) is 2.19. The van der Waals surface area contributed by atoms with Gasteiger partial charge in [-0.25, -0.2) is 13.2 Å². The maximum absolute atomic E-state index is 14.1. The van der Waals surface area contributed by atoms with Gasteiger partial charge in [0.2, 0.25) is 0 Å². The fourth-order valence-electron chi connectivity index (χ4n) is 2.93. The highest BCUT2D eigenvalue weighted by Crippen LogP contribution is 2.41. The molecule has 0 radical (unpaired) electrons. The third-order valence-electron chi connectivity index (χ3n) is 4.27. The monoisotopic (exact) mass is 320 g/mol. The summed E-state index contributed by atoms with van der Waals surface area (Å²) in [7, 11) is 0. The molecule has 0 aromatic heterocycles. The van der Waals surface area contributed by atoms with Crippen molar-refractivity contribution >= 4 is 12.4 Å². The zero-order valence-electron chi connectivity index (χ0n) is 11.7. The molecule has 0 unspecified atom stereocenters. The SMILES string of the molecule is Cl.Fc1ccc([C@@H](CC2CC2)N2CCNCC2)c(F)c1F. The summed E-state index contributed by atoms with van der Waals surface area (Å²) < 4.78 is 40.7. The second kappa shape index (κ2) is 6.99. The van der Waals surface area contributed by atoms with Gasteiger partial charge in [0.1, 0.15) is 0 Å². The number of nitrogens with zero attached hydrogens (tertiary/aromatic N) is 1. The molecule has 3 rings (SSSR count). The van der Waals surface area contributed by atoms with Gasteiger partial charge in [0.05, 0.1) is 0 Å². The largest absolute Gasteiger partial charge is 0.314 e. The number of hydrogen-bond donors (Lipinski definition) is 1. The number of nitrogens with one attached hydrogen (secondary N) is 1. The standard InChI is InChI=1S/C15H19F3N2.ClH/c16-12-4-3-11(14(17)15(12)18)13(9-10-1-2-10)20-7-5-19-6-8-20;/h3-4,10,13,19H,1-2,5-9H2;1H/t13-;/m1./s1. The molecular weight excluding hydrogens is 301 g/mol. The molecule has 1 saturated carbocycles. The molecule has 1 N–H and O–H groups in total. The highest BCUT2D eigenvalue weighted by atomic mass is 35.5. The Kier molecular flexibility index (Phi) is 5.52. The summed E-state index contributed by atoms with van der Waals surface area (Å²) in [5, 5.41) is 3.26. The second-order valence-corrected chi connectivity index (χ2v) is 5.75. The molecule has 0 spiro atoms. The number of rotatable bonds is 4. The Bertz CT molecular complexity index is 488. The van der Waals surface area contributed by atoms with E-state index in [-0.39, 0.29) is 18.4 Å². The van der Waals surface area contributed by atoms with Crippen LogP contribution in [0.15, 0.2) is 12.1 Å². The fourth-order valence-corrected chi connectivity index (χ4v) is 2.93. The van der Waals surface area contributed by atoms with Crippen LogP contribution >= 0.6 is 12.4 Å². The topological polar surface area (TPSA) is 15.3 Å². The first-order valence-corrected chi connectivity index (χ1v) is 7.25. The van der Waals surface area contributed by atoms with Crippen LogP contribution in [0.2, 0.25) is 0 Å². The lowest BCUT2D eigenvalue weighted by molar-refractivity contribution is 0.156. The first-order valence-electron chi connectivity index (χ1n) is 7.25. The van der Waals surface area contributed by atoms with Crippen molar-refractivity contribution in [2.24, 2.45) is 5.92 Å². The van der Waals surface area contributed by atoms with E-state index in [0.717, 1.165) is 51.5 Å². The predicted octanol–water partition coefficient (Wildman–Crippen LogP) is 3.27. The zero-order chi connectivity index (χ0) is 14.1. The van der Waals surface area contributed by atoms with Gasteiger partial charge in [0, 0.05) is 37.8 Å². The maximum Gasteiger partial charge on any atom is 0.194 e. The third kappa shape index (κ3) is 3.71. The highest BCUT2D eigenvalue weighted by molar-refractivity contribution is 5.85. The van der Waals surface area contributed by atoms with Crippen molar-refractivity contribution in [2.75, 3.05) is 26.2 Å². The Balaban J connectivity index is 0.00000161. The van der Waals surface area contributed by atoms with E-state index in [1.54, 1.807) is 0 Å². The van der Waals surface area contributed by atoms with Crippen LogP contribution in [-0.4, -0.2) is 31.1 Å². The molecule has 2 fully saturated rings. The smallest absolute Gasteiger partial charge is 0.194 e. The van der Waals surface area contributed by atoms with Crippen molar-refractivity contribution < 1.29 is 13.2 Å². The molecule has 1 aliphatic carbocycles. The van der Waals surface area contributed by atoms with Gasteiger partial charge in [-0.3, -0.25) is 4.90 Å². The van der Waals surface area contributed by atoms with Crippen LogP contribution in [-0.2, 0) is 0 Å². The Morgan fingerprint density at radius 3 is 2.38 bits per heavy atom. The summed E-state index contributed by atoms with van der Waals surface area (Å²) in [6.07, 6.45) is 3.16. The zero-order valence-corrected chi connectivity index (χ0v) is 12.6. The van der Waals surface area contributed by atoms with E-state index in [2.05, 4.69) is 10.2 Å². The Labute approximate surface area is 129 Å². The van der Waals surface area contributed by atoms with Gasteiger partial charge in [-0.1, -0.05) is 18.9 Å². The van der Waals surface area contributed by atoms with Gasteiger partial charge in [-0.2, -0.15) is 0 Å². The van der Waals surface area contributed by atoms with Crippen LogP contribution in [0.5, 0.6) is 0 Å². The Hall–Kier alpha value is -0.780. The summed E-state index contributed by atoms with van der Waals surface area (Å²) in [5.74, 6) is -2.88. The molecule has 1 heterocycles. The van der Waals surface area contributed by atoms with Crippen molar-refractivity contribution in [1.29, 1.82) is 0 Å². The number of hydrogen-bond acceptors (Lipinski definition) is 2. The molecule has 118 valence electrons. The average Bonchev–Trinajstić information content (AvgIpc) is 3.28. The molecule has 1 aromatic rings. The van der Waals surface area contributed by atoms with Crippen molar-refractivity contribution in [3.05, 3.63) is 35.1 Å². The van der Waals surface area contributed by atoms with Crippen LogP contribution in [0.25, 0.3) is 0 Å². The lowest BCUT2D eigenvalue weighted by Gasteiger charge is -2.35. The molecule has 1 aromatic carbocycles. The van der Waals surface area contributed by atoms with E-state index >= 15 is 0 Å². The Morgan fingerprint density at radius 2 is 1.76 bits per heavy atom. The summed E-state index contributed by atoms with van der Waals surface area (Å²) in [5.41, 5.74) is 0.303. The second-order valence-electron chi connectivity index (χ2n) is 5.75. The molecule has 2 nitrogen and oxygen atoms in total. The van der Waals surface area contributed by atoms with E-state index in [1.165, 1.54) is 6.07 Å². The molecule has 6 heteroatoms. The predicted molar refractivity (Wildman–Crippen MR) is 78.1 cm³/mol. The minimum Gasteiger partial charge on any atom is -0.314 e. The molecule has 0 amide bonds. The van der Waals surface area contributed by atoms with Crippen LogP contribution in [0.4, 0.5) is 13.2 Å². The summed E-state index contributed by atoms with van der Waals surface area (Å²) >= 11 is 0. The van der Waals surface area contributed by atoms with Gasteiger partial charge in [0.25, 0.3) is 0 Å². The molecule has 1 atom stereocenters. The first kappa shape index (κ1) is 16.6. The van der Waals surface area contributed by atoms with Crippen LogP contribution in [0.1, 0.15) is 30.9 Å². The molecular formula is C15H20ClF3N2. The van der Waals surface area contributed by atoms with Gasteiger partial charge in [-0.15, -0.1) is 12.4 Å². The van der Waals surface area contributed by atoms with E-state index in [0.29, 0.717) is 11.5 Å². The normalized spacial score (nSPS) is 20.9. The van der Waals surface area contributed by atoms with Crippen molar-refractivity contribution in [2.45, 2.75) is 25.3 Å². The number of benzene rings is 1. The maximum atomic E-state index is 14.1. The summed E-state index contributed by atoms with van der Waals surface area (Å²) in [6.45, 7) is 3.34. The van der Waals surface area contributed by atoms with Gasteiger partial charge in [-0.05, 0) is 18.4 Å². The number of halogens is 4. The molecule has 2 aliphatic rings. The van der Waals surface area contributed by atoms with Crippen molar-refractivity contribution in [1.82, 2.24) is 10.2 Å². The Morgan fingerprint density at radius 1 is 1.10 bits per heavy atom. The molecule has 1 aliphatic heterocycles. The van der Waals surface area contributed by atoms with Crippen molar-refractivity contribution in [3.8, 4) is 0 Å².